The number of carbonyl (C=O) groups excluding carboxylic acids is 3. The maximum Gasteiger partial charge on any atom is 0.272 e. The van der Waals surface area contributed by atoms with Crippen LogP contribution in [0.3, 0.4) is 0 Å². The summed E-state index contributed by atoms with van der Waals surface area (Å²) in [4.78, 5) is 47.7. The molecule has 0 saturated carbocycles. The molecular formula is C22H24N4O3. The van der Waals surface area contributed by atoms with Crippen molar-refractivity contribution >= 4 is 17.7 Å². The first-order valence-electron chi connectivity index (χ1n) is 9.87. The Kier molecular flexibility index (Phi) is 5.29. The minimum Gasteiger partial charge on any atom is -0.335 e. The Morgan fingerprint density at radius 3 is 2.72 bits per heavy atom. The summed E-state index contributed by atoms with van der Waals surface area (Å²) in [5.74, 6) is -0.269. The number of aromatic nitrogens is 1. The van der Waals surface area contributed by atoms with Crippen LogP contribution in [-0.2, 0) is 16.1 Å². The number of nitrogens with zero attached hydrogens (tertiary/aromatic N) is 4. The molecule has 0 aliphatic carbocycles. The molecule has 2 aliphatic heterocycles. The fourth-order valence-corrected chi connectivity index (χ4v) is 4.05. The third-order valence-electron chi connectivity index (χ3n) is 5.53. The Morgan fingerprint density at radius 1 is 1.10 bits per heavy atom. The summed E-state index contributed by atoms with van der Waals surface area (Å²) in [5, 5.41) is 0. The molecule has 2 saturated heterocycles. The van der Waals surface area contributed by atoms with Crippen LogP contribution in [0.4, 0.5) is 0 Å². The van der Waals surface area contributed by atoms with E-state index < -0.39 is 6.04 Å². The third-order valence-corrected chi connectivity index (χ3v) is 5.53. The molecule has 7 nitrogen and oxygen atoms in total. The lowest BCUT2D eigenvalue weighted by Gasteiger charge is -2.39. The first kappa shape index (κ1) is 19.1. The van der Waals surface area contributed by atoms with Crippen LogP contribution in [0.25, 0.3) is 0 Å². The molecule has 0 spiro atoms. The van der Waals surface area contributed by atoms with Crippen LogP contribution >= 0.6 is 0 Å². The minimum atomic E-state index is -0.511. The van der Waals surface area contributed by atoms with Crippen molar-refractivity contribution in [2.75, 3.05) is 26.2 Å². The van der Waals surface area contributed by atoms with Crippen molar-refractivity contribution in [2.24, 2.45) is 0 Å². The lowest BCUT2D eigenvalue weighted by molar-refractivity contribution is -0.156. The van der Waals surface area contributed by atoms with Crippen LogP contribution in [0, 0.1) is 6.92 Å². The van der Waals surface area contributed by atoms with E-state index in [2.05, 4.69) is 4.98 Å². The van der Waals surface area contributed by atoms with Gasteiger partial charge in [0.15, 0.2) is 0 Å². The Labute approximate surface area is 169 Å². The Balaban J connectivity index is 1.48. The summed E-state index contributed by atoms with van der Waals surface area (Å²) in [6.45, 7) is 3.71. The van der Waals surface area contributed by atoms with E-state index in [4.69, 9.17) is 0 Å². The topological polar surface area (TPSA) is 73.8 Å². The summed E-state index contributed by atoms with van der Waals surface area (Å²) in [6, 6.07) is 12.7. The second-order valence-corrected chi connectivity index (χ2v) is 7.58. The van der Waals surface area contributed by atoms with E-state index in [1.165, 1.54) is 0 Å². The van der Waals surface area contributed by atoms with Crippen LogP contribution in [-0.4, -0.2) is 69.6 Å². The van der Waals surface area contributed by atoms with Gasteiger partial charge in [0.25, 0.3) is 5.91 Å². The number of piperazine rings is 1. The lowest BCUT2D eigenvalue weighted by atomic mass is 10.1. The minimum absolute atomic E-state index is 0.0433. The fourth-order valence-electron chi connectivity index (χ4n) is 4.05. The molecule has 7 heteroatoms. The zero-order chi connectivity index (χ0) is 20.4. The zero-order valence-corrected chi connectivity index (χ0v) is 16.5. The molecule has 1 unspecified atom stereocenters. The molecule has 29 heavy (non-hydrogen) atoms. The molecule has 1 aromatic carbocycles. The van der Waals surface area contributed by atoms with Crippen molar-refractivity contribution in [3.8, 4) is 0 Å². The first-order chi connectivity index (χ1) is 14.0. The van der Waals surface area contributed by atoms with Crippen LogP contribution < -0.4 is 0 Å². The number of hydrogen-bond acceptors (Lipinski definition) is 4. The van der Waals surface area contributed by atoms with E-state index in [9.17, 15) is 14.4 Å². The largest absolute Gasteiger partial charge is 0.335 e. The summed E-state index contributed by atoms with van der Waals surface area (Å²) in [5.41, 5.74) is 2.52. The quantitative estimate of drug-likeness (QED) is 0.793. The molecule has 3 amide bonds. The van der Waals surface area contributed by atoms with Crippen molar-refractivity contribution < 1.29 is 14.4 Å². The van der Waals surface area contributed by atoms with Crippen molar-refractivity contribution in [3.63, 3.8) is 0 Å². The van der Waals surface area contributed by atoms with Gasteiger partial charge >= 0.3 is 0 Å². The van der Waals surface area contributed by atoms with Crippen LogP contribution in [0.2, 0.25) is 0 Å². The highest BCUT2D eigenvalue weighted by Gasteiger charge is 2.41. The van der Waals surface area contributed by atoms with Crippen molar-refractivity contribution in [2.45, 2.75) is 25.9 Å². The van der Waals surface area contributed by atoms with Crippen LogP contribution in [0.15, 0.2) is 48.7 Å². The highest BCUT2D eigenvalue weighted by Crippen LogP contribution is 2.21. The van der Waals surface area contributed by atoms with Gasteiger partial charge in [-0.25, -0.2) is 0 Å². The molecular weight excluding hydrogens is 368 g/mol. The lowest BCUT2D eigenvalue weighted by Crippen LogP contribution is -2.59. The van der Waals surface area contributed by atoms with Gasteiger partial charge in [0, 0.05) is 32.4 Å². The smallest absolute Gasteiger partial charge is 0.272 e. The number of amides is 3. The molecule has 3 heterocycles. The molecule has 2 fully saturated rings. The molecule has 2 aliphatic rings. The normalized spacial score (nSPS) is 19.8. The number of pyridine rings is 1. The Hall–Kier alpha value is -3.22. The van der Waals surface area contributed by atoms with E-state index >= 15 is 0 Å². The highest BCUT2D eigenvalue weighted by atomic mass is 16.2. The van der Waals surface area contributed by atoms with Gasteiger partial charge in [0.05, 0.1) is 0 Å². The molecule has 4 rings (SSSR count). The molecule has 2 aromatic rings. The summed E-state index contributed by atoms with van der Waals surface area (Å²) >= 11 is 0. The Bertz CT molecular complexity index is 931. The SMILES string of the molecule is Cc1cccc(CN2CC(=O)N3CCN(C(=O)c4ccccn4)CCC3C2=O)c1. The van der Waals surface area contributed by atoms with Gasteiger partial charge in [-0.1, -0.05) is 35.9 Å². The zero-order valence-electron chi connectivity index (χ0n) is 16.5. The van der Waals surface area contributed by atoms with Crippen LogP contribution in [0.1, 0.15) is 28.0 Å². The first-order valence-corrected chi connectivity index (χ1v) is 9.87. The standard InChI is InChI=1S/C22H24N4O3/c1-16-5-4-6-17(13-16)14-25-15-20(27)26-12-11-24(10-8-19(26)22(25)29)21(28)18-7-2-3-9-23-18/h2-7,9,13,19H,8,10-12,14-15H2,1H3. The maximum absolute atomic E-state index is 13.1. The van der Waals surface area contributed by atoms with Crippen molar-refractivity contribution in [1.29, 1.82) is 0 Å². The molecule has 1 atom stereocenters. The number of aryl methyl sites for hydroxylation is 1. The van der Waals surface area contributed by atoms with Crippen LogP contribution in [0.5, 0.6) is 0 Å². The van der Waals surface area contributed by atoms with E-state index in [-0.39, 0.29) is 24.3 Å². The van der Waals surface area contributed by atoms with Gasteiger partial charge in [0.2, 0.25) is 11.8 Å². The summed E-state index contributed by atoms with van der Waals surface area (Å²) < 4.78 is 0. The molecule has 150 valence electrons. The van der Waals surface area contributed by atoms with Crippen molar-refractivity contribution in [3.05, 3.63) is 65.5 Å². The van der Waals surface area contributed by atoms with Gasteiger partial charge in [-0.2, -0.15) is 0 Å². The van der Waals surface area contributed by atoms with Gasteiger partial charge < -0.3 is 14.7 Å². The molecule has 0 radical (unpaired) electrons. The number of carbonyl (C=O) groups is 3. The van der Waals surface area contributed by atoms with Gasteiger partial charge in [-0.15, -0.1) is 0 Å². The van der Waals surface area contributed by atoms with Gasteiger partial charge in [0.1, 0.15) is 18.3 Å². The molecule has 1 aromatic heterocycles. The van der Waals surface area contributed by atoms with E-state index in [0.717, 1.165) is 11.1 Å². The molecule has 0 bridgehead atoms. The van der Waals surface area contributed by atoms with E-state index in [0.29, 0.717) is 38.3 Å². The Morgan fingerprint density at radius 2 is 1.97 bits per heavy atom. The number of fused-ring (bicyclic) bond motifs is 1. The number of benzene rings is 1. The maximum atomic E-state index is 13.1. The predicted molar refractivity (Wildman–Crippen MR) is 107 cm³/mol. The monoisotopic (exact) mass is 392 g/mol. The van der Waals surface area contributed by atoms with Gasteiger partial charge in [-0.05, 0) is 31.0 Å². The van der Waals surface area contributed by atoms with Gasteiger partial charge in [-0.3, -0.25) is 19.4 Å². The number of rotatable bonds is 3. The molecule has 0 N–H and O–H groups in total. The summed E-state index contributed by atoms with van der Waals surface area (Å²) in [7, 11) is 0. The average molecular weight is 392 g/mol. The van der Waals surface area contributed by atoms with Crippen molar-refractivity contribution in [1.82, 2.24) is 19.7 Å². The number of hydrogen-bond donors (Lipinski definition) is 0. The van der Waals surface area contributed by atoms with E-state index in [1.54, 1.807) is 39.1 Å². The summed E-state index contributed by atoms with van der Waals surface area (Å²) in [6.07, 6.45) is 2.03. The third kappa shape index (κ3) is 3.99. The predicted octanol–water partition coefficient (Wildman–Crippen LogP) is 1.48. The second-order valence-electron chi connectivity index (χ2n) is 7.58. The highest BCUT2D eigenvalue weighted by molar-refractivity contribution is 5.95. The second kappa shape index (κ2) is 8.03. The fraction of sp³-hybridized carbons (Fsp3) is 0.364. The van der Waals surface area contributed by atoms with E-state index in [1.807, 2.05) is 31.2 Å². The average Bonchev–Trinajstić information content (AvgIpc) is 2.96.